The van der Waals surface area contributed by atoms with Crippen LogP contribution in [0.25, 0.3) is 0 Å². The number of carbonyl (C=O) groups is 2. The van der Waals surface area contributed by atoms with E-state index in [1.54, 1.807) is 45.6 Å². The monoisotopic (exact) mass is 370 g/mol. The molecule has 1 N–H and O–H groups in total. The molecule has 0 unspecified atom stereocenters. The van der Waals surface area contributed by atoms with Crippen molar-refractivity contribution >= 4 is 17.5 Å². The van der Waals surface area contributed by atoms with Gasteiger partial charge >= 0.3 is 11.8 Å². The van der Waals surface area contributed by atoms with Crippen LogP contribution in [0.1, 0.15) is 11.1 Å². The van der Waals surface area contributed by atoms with Gasteiger partial charge in [0.15, 0.2) is 11.5 Å². The molecule has 0 aliphatic carbocycles. The molecule has 0 saturated carbocycles. The second-order valence-electron chi connectivity index (χ2n) is 6.14. The van der Waals surface area contributed by atoms with Crippen LogP contribution >= 0.6 is 0 Å². The van der Waals surface area contributed by atoms with E-state index in [2.05, 4.69) is 5.32 Å². The Balaban J connectivity index is 1.70. The Morgan fingerprint density at radius 1 is 0.926 bits per heavy atom. The van der Waals surface area contributed by atoms with Crippen LogP contribution in [-0.2, 0) is 22.6 Å². The second kappa shape index (κ2) is 7.99. The molecular formula is C20H22N2O5. The summed E-state index contributed by atoms with van der Waals surface area (Å²) >= 11 is 0. The van der Waals surface area contributed by atoms with Crippen molar-refractivity contribution in [2.45, 2.75) is 13.0 Å². The molecule has 0 aromatic heterocycles. The van der Waals surface area contributed by atoms with Gasteiger partial charge in [-0.15, -0.1) is 0 Å². The van der Waals surface area contributed by atoms with Gasteiger partial charge in [-0.3, -0.25) is 9.59 Å². The van der Waals surface area contributed by atoms with Gasteiger partial charge in [-0.05, 0) is 53.9 Å². The van der Waals surface area contributed by atoms with Gasteiger partial charge < -0.3 is 24.4 Å². The number of hydrogen-bond donors (Lipinski definition) is 1. The third-order valence-corrected chi connectivity index (χ3v) is 4.55. The maximum Gasteiger partial charge on any atom is 0.313 e. The number of methoxy groups -OCH3 is 3. The number of benzene rings is 2. The summed E-state index contributed by atoms with van der Waals surface area (Å²) in [4.78, 5) is 26.4. The number of amides is 2. The summed E-state index contributed by atoms with van der Waals surface area (Å²) in [5.41, 5.74) is 2.58. The molecule has 1 aliphatic heterocycles. The quantitative estimate of drug-likeness (QED) is 0.836. The topological polar surface area (TPSA) is 77.1 Å². The molecule has 7 heteroatoms. The Morgan fingerprint density at radius 2 is 1.56 bits per heavy atom. The lowest BCUT2D eigenvalue weighted by molar-refractivity contribution is -0.143. The van der Waals surface area contributed by atoms with Gasteiger partial charge in [-0.1, -0.05) is 0 Å². The fourth-order valence-electron chi connectivity index (χ4n) is 3.06. The molecule has 2 amide bonds. The van der Waals surface area contributed by atoms with Crippen molar-refractivity contribution in [1.82, 2.24) is 4.90 Å². The van der Waals surface area contributed by atoms with Gasteiger partial charge in [0.1, 0.15) is 5.75 Å². The summed E-state index contributed by atoms with van der Waals surface area (Å²) in [5.74, 6) is 0.716. The van der Waals surface area contributed by atoms with Gasteiger partial charge in [0, 0.05) is 18.8 Å². The molecule has 0 bridgehead atoms. The van der Waals surface area contributed by atoms with Gasteiger partial charge in [0.25, 0.3) is 0 Å². The number of ether oxygens (including phenoxy) is 3. The van der Waals surface area contributed by atoms with E-state index in [1.165, 1.54) is 4.90 Å². The first kappa shape index (κ1) is 18.6. The normalized spacial score (nSPS) is 12.8. The largest absolute Gasteiger partial charge is 0.497 e. The van der Waals surface area contributed by atoms with Crippen LogP contribution in [0.4, 0.5) is 5.69 Å². The zero-order valence-corrected chi connectivity index (χ0v) is 15.6. The van der Waals surface area contributed by atoms with Gasteiger partial charge in [0.2, 0.25) is 0 Å². The third kappa shape index (κ3) is 3.97. The molecule has 1 heterocycles. The first-order valence-electron chi connectivity index (χ1n) is 8.53. The lowest BCUT2D eigenvalue weighted by atomic mass is 9.98. The van der Waals surface area contributed by atoms with E-state index in [1.807, 2.05) is 12.1 Å². The minimum Gasteiger partial charge on any atom is -0.497 e. The zero-order valence-electron chi connectivity index (χ0n) is 15.6. The molecule has 0 radical (unpaired) electrons. The highest BCUT2D eigenvalue weighted by molar-refractivity contribution is 6.39. The van der Waals surface area contributed by atoms with Crippen molar-refractivity contribution < 1.29 is 23.8 Å². The Kier molecular flexibility index (Phi) is 5.49. The number of anilines is 1. The molecule has 27 heavy (non-hydrogen) atoms. The van der Waals surface area contributed by atoms with Crippen LogP contribution in [0, 0.1) is 0 Å². The molecular weight excluding hydrogens is 348 g/mol. The summed E-state index contributed by atoms with van der Waals surface area (Å²) in [6, 6.07) is 10.6. The van der Waals surface area contributed by atoms with Crippen LogP contribution in [-0.4, -0.2) is 44.6 Å². The molecule has 0 fully saturated rings. The van der Waals surface area contributed by atoms with Crippen molar-refractivity contribution in [3.63, 3.8) is 0 Å². The van der Waals surface area contributed by atoms with Gasteiger partial charge in [0.05, 0.1) is 21.3 Å². The third-order valence-electron chi connectivity index (χ3n) is 4.55. The van der Waals surface area contributed by atoms with Crippen LogP contribution in [0.3, 0.4) is 0 Å². The highest BCUT2D eigenvalue weighted by atomic mass is 16.5. The zero-order chi connectivity index (χ0) is 19.4. The summed E-state index contributed by atoms with van der Waals surface area (Å²) in [5, 5.41) is 2.62. The van der Waals surface area contributed by atoms with Crippen LogP contribution < -0.4 is 19.5 Å². The molecule has 7 nitrogen and oxygen atoms in total. The van der Waals surface area contributed by atoms with Crippen LogP contribution in [0.5, 0.6) is 17.2 Å². The molecule has 142 valence electrons. The second-order valence-corrected chi connectivity index (χ2v) is 6.14. The minimum absolute atomic E-state index is 0.352. The lowest BCUT2D eigenvalue weighted by Gasteiger charge is -2.29. The average molecular weight is 370 g/mol. The fraction of sp³-hybridized carbons (Fsp3) is 0.300. The summed E-state index contributed by atoms with van der Waals surface area (Å²) in [7, 11) is 4.72. The lowest BCUT2D eigenvalue weighted by Crippen LogP contribution is -2.42. The summed E-state index contributed by atoms with van der Waals surface area (Å²) < 4.78 is 15.7. The Hall–Kier alpha value is -3.22. The predicted octanol–water partition coefficient (Wildman–Crippen LogP) is 2.24. The van der Waals surface area contributed by atoms with Crippen molar-refractivity contribution in [3.05, 3.63) is 47.5 Å². The molecule has 0 spiro atoms. The Bertz CT molecular complexity index is 848. The maximum atomic E-state index is 12.5. The number of nitrogens with zero attached hydrogens (tertiary/aromatic N) is 1. The Labute approximate surface area is 157 Å². The smallest absolute Gasteiger partial charge is 0.313 e. The number of fused-ring (bicyclic) bond motifs is 1. The molecule has 2 aromatic carbocycles. The predicted molar refractivity (Wildman–Crippen MR) is 100 cm³/mol. The van der Waals surface area contributed by atoms with E-state index in [0.29, 0.717) is 42.4 Å². The van der Waals surface area contributed by atoms with E-state index in [-0.39, 0.29) is 0 Å². The minimum atomic E-state index is -0.663. The van der Waals surface area contributed by atoms with E-state index in [9.17, 15) is 9.59 Å². The van der Waals surface area contributed by atoms with E-state index in [4.69, 9.17) is 14.2 Å². The Morgan fingerprint density at radius 3 is 2.15 bits per heavy atom. The van der Waals surface area contributed by atoms with Crippen molar-refractivity contribution in [2.24, 2.45) is 0 Å². The van der Waals surface area contributed by atoms with E-state index in [0.717, 1.165) is 11.1 Å². The van der Waals surface area contributed by atoms with Gasteiger partial charge in [-0.25, -0.2) is 0 Å². The molecule has 0 saturated heterocycles. The van der Waals surface area contributed by atoms with Crippen molar-refractivity contribution in [3.8, 4) is 17.2 Å². The molecule has 3 rings (SSSR count). The summed E-state index contributed by atoms with van der Waals surface area (Å²) in [6.07, 6.45) is 0.650. The number of hydrogen-bond acceptors (Lipinski definition) is 5. The first-order chi connectivity index (χ1) is 13.0. The number of nitrogens with one attached hydrogen (secondary N) is 1. The maximum absolute atomic E-state index is 12.5. The van der Waals surface area contributed by atoms with Crippen molar-refractivity contribution in [1.29, 1.82) is 0 Å². The van der Waals surface area contributed by atoms with Crippen LogP contribution in [0.15, 0.2) is 36.4 Å². The molecule has 2 aromatic rings. The van der Waals surface area contributed by atoms with Crippen molar-refractivity contribution in [2.75, 3.05) is 33.2 Å². The molecule has 1 aliphatic rings. The molecule has 0 atom stereocenters. The number of rotatable bonds is 4. The first-order valence-corrected chi connectivity index (χ1v) is 8.53. The standard InChI is InChI=1S/C20H22N2O5/c1-25-16-6-4-15(5-7-16)21-19(23)20(24)22-9-8-13-10-17(26-2)18(27-3)11-14(13)12-22/h4-7,10-11H,8-9,12H2,1-3H3,(H,21,23). The number of carbonyl (C=O) groups excluding carboxylic acids is 2. The SMILES string of the molecule is COc1ccc(NC(=O)C(=O)N2CCc3cc(OC)c(OC)cc3C2)cc1. The fourth-order valence-corrected chi connectivity index (χ4v) is 3.06. The van der Waals surface area contributed by atoms with Gasteiger partial charge in [-0.2, -0.15) is 0 Å². The van der Waals surface area contributed by atoms with Crippen LogP contribution in [0.2, 0.25) is 0 Å². The van der Waals surface area contributed by atoms with E-state index >= 15 is 0 Å². The highest BCUT2D eigenvalue weighted by Crippen LogP contribution is 2.33. The highest BCUT2D eigenvalue weighted by Gasteiger charge is 2.27. The summed E-state index contributed by atoms with van der Waals surface area (Å²) in [6.45, 7) is 0.821. The van der Waals surface area contributed by atoms with E-state index < -0.39 is 11.8 Å². The average Bonchev–Trinajstić information content (AvgIpc) is 2.72.